The zero-order valence-corrected chi connectivity index (χ0v) is 11.6. The van der Waals surface area contributed by atoms with E-state index in [9.17, 15) is 9.90 Å². The summed E-state index contributed by atoms with van der Waals surface area (Å²) in [6.07, 6.45) is 3.36. The van der Waals surface area contributed by atoms with Gasteiger partial charge in [-0.2, -0.15) is 5.10 Å². The van der Waals surface area contributed by atoms with E-state index in [1.165, 1.54) is 6.20 Å². The molecule has 0 fully saturated rings. The van der Waals surface area contributed by atoms with Crippen LogP contribution in [0.4, 0.5) is 0 Å². The number of nitrogens with zero attached hydrogens (tertiary/aromatic N) is 3. The largest absolute Gasteiger partial charge is 0.478 e. The van der Waals surface area contributed by atoms with Gasteiger partial charge in [-0.3, -0.25) is 4.68 Å². The fourth-order valence-corrected chi connectivity index (χ4v) is 2.72. The monoisotopic (exact) mass is 269 g/mol. The summed E-state index contributed by atoms with van der Waals surface area (Å²) in [7, 11) is 3.72. The van der Waals surface area contributed by atoms with E-state index >= 15 is 0 Å². The Morgan fingerprint density at radius 3 is 2.75 bits per heavy atom. The maximum atomic E-state index is 11.4. The number of benzene rings is 1. The first-order chi connectivity index (χ1) is 9.50. The molecule has 0 aliphatic rings. The molecule has 20 heavy (non-hydrogen) atoms. The van der Waals surface area contributed by atoms with Crippen LogP contribution in [0.25, 0.3) is 22.2 Å². The molecule has 2 heterocycles. The molecule has 0 spiro atoms. The molecule has 5 heteroatoms. The summed E-state index contributed by atoms with van der Waals surface area (Å²) < 4.78 is 3.63. The van der Waals surface area contributed by atoms with Crippen molar-refractivity contribution in [2.75, 3.05) is 0 Å². The van der Waals surface area contributed by atoms with Crippen LogP contribution in [0.15, 0.2) is 30.6 Å². The number of hydrogen-bond donors (Lipinski definition) is 1. The Bertz CT molecular complexity index is 827. The zero-order valence-electron chi connectivity index (χ0n) is 11.6. The minimum Gasteiger partial charge on any atom is -0.478 e. The number of rotatable bonds is 2. The third kappa shape index (κ3) is 1.63. The molecule has 5 nitrogen and oxygen atoms in total. The highest BCUT2D eigenvalue weighted by molar-refractivity contribution is 6.03. The van der Waals surface area contributed by atoms with Gasteiger partial charge in [0.2, 0.25) is 0 Å². The number of aromatic carboxylic acids is 1. The second-order valence-corrected chi connectivity index (χ2v) is 4.96. The van der Waals surface area contributed by atoms with E-state index in [0.717, 1.165) is 22.0 Å². The van der Waals surface area contributed by atoms with Crippen molar-refractivity contribution in [2.24, 2.45) is 14.1 Å². The average molecular weight is 269 g/mol. The van der Waals surface area contributed by atoms with Crippen molar-refractivity contribution >= 4 is 16.9 Å². The Hall–Kier alpha value is -2.56. The predicted octanol–water partition coefficient (Wildman–Crippen LogP) is 2.59. The van der Waals surface area contributed by atoms with Gasteiger partial charge in [0.1, 0.15) is 5.56 Å². The molecule has 102 valence electrons. The van der Waals surface area contributed by atoms with Crippen molar-refractivity contribution in [3.8, 4) is 11.3 Å². The van der Waals surface area contributed by atoms with E-state index in [1.54, 1.807) is 11.7 Å². The van der Waals surface area contributed by atoms with Gasteiger partial charge >= 0.3 is 5.97 Å². The molecule has 0 saturated heterocycles. The van der Waals surface area contributed by atoms with Crippen LogP contribution < -0.4 is 0 Å². The maximum Gasteiger partial charge on any atom is 0.339 e. The van der Waals surface area contributed by atoms with E-state index in [0.29, 0.717) is 5.69 Å². The summed E-state index contributed by atoms with van der Waals surface area (Å²) in [5.74, 6) is -0.960. The third-order valence-corrected chi connectivity index (χ3v) is 3.65. The molecular formula is C15H15N3O2. The molecule has 0 bridgehead atoms. The van der Waals surface area contributed by atoms with Crippen LogP contribution in [0, 0.1) is 6.92 Å². The highest BCUT2D eigenvalue weighted by Gasteiger charge is 2.21. The highest BCUT2D eigenvalue weighted by Crippen LogP contribution is 2.34. The molecule has 3 aromatic rings. The normalized spacial score (nSPS) is 11.2. The molecular weight excluding hydrogens is 254 g/mol. The van der Waals surface area contributed by atoms with Crippen LogP contribution in [-0.2, 0) is 14.1 Å². The van der Waals surface area contributed by atoms with Crippen LogP contribution in [0.5, 0.6) is 0 Å². The minimum absolute atomic E-state index is 0.225. The molecule has 0 atom stereocenters. The third-order valence-electron chi connectivity index (χ3n) is 3.65. The van der Waals surface area contributed by atoms with Crippen LogP contribution in [0.2, 0.25) is 0 Å². The molecule has 3 rings (SSSR count). The molecule has 0 aliphatic heterocycles. The lowest BCUT2D eigenvalue weighted by Gasteiger charge is -2.04. The molecule has 1 aromatic carbocycles. The molecule has 0 radical (unpaired) electrons. The van der Waals surface area contributed by atoms with Crippen LogP contribution in [0.3, 0.4) is 0 Å². The quantitative estimate of drug-likeness (QED) is 0.778. The molecule has 2 aromatic heterocycles. The van der Waals surface area contributed by atoms with Crippen LogP contribution in [-0.4, -0.2) is 25.4 Å². The maximum absolute atomic E-state index is 11.4. The zero-order chi connectivity index (χ0) is 14.4. The van der Waals surface area contributed by atoms with E-state index in [4.69, 9.17) is 0 Å². The topological polar surface area (TPSA) is 60.0 Å². The van der Waals surface area contributed by atoms with Crippen molar-refractivity contribution < 1.29 is 9.90 Å². The summed E-state index contributed by atoms with van der Waals surface area (Å²) in [6.45, 7) is 2.03. The van der Waals surface area contributed by atoms with Crippen molar-refractivity contribution in [3.05, 3.63) is 41.7 Å². The number of carboxylic acid groups (broad SMARTS) is 1. The first kappa shape index (κ1) is 12.5. The van der Waals surface area contributed by atoms with Gasteiger partial charge in [-0.05, 0) is 18.6 Å². The van der Waals surface area contributed by atoms with Gasteiger partial charge in [-0.15, -0.1) is 0 Å². The number of aromatic nitrogens is 3. The Kier molecular flexibility index (Phi) is 2.64. The molecule has 0 amide bonds. The number of fused-ring (bicyclic) bond motifs is 1. The lowest BCUT2D eigenvalue weighted by molar-refractivity contribution is 0.0697. The molecule has 1 N–H and O–H groups in total. The summed E-state index contributed by atoms with van der Waals surface area (Å²) >= 11 is 0. The van der Waals surface area contributed by atoms with Gasteiger partial charge in [-0.25, -0.2) is 4.79 Å². The van der Waals surface area contributed by atoms with Crippen molar-refractivity contribution in [1.82, 2.24) is 14.3 Å². The summed E-state index contributed by atoms with van der Waals surface area (Å²) in [5, 5.41) is 14.5. The van der Waals surface area contributed by atoms with E-state index < -0.39 is 5.97 Å². The van der Waals surface area contributed by atoms with Gasteiger partial charge in [0, 0.05) is 36.8 Å². The van der Waals surface area contributed by atoms with Crippen LogP contribution >= 0.6 is 0 Å². The van der Waals surface area contributed by atoms with Gasteiger partial charge in [0.05, 0.1) is 11.9 Å². The van der Waals surface area contributed by atoms with Gasteiger partial charge in [-0.1, -0.05) is 12.1 Å². The smallest absolute Gasteiger partial charge is 0.339 e. The first-order valence-electron chi connectivity index (χ1n) is 6.31. The lowest BCUT2D eigenvalue weighted by Crippen LogP contribution is -2.00. The minimum atomic E-state index is -0.960. The van der Waals surface area contributed by atoms with Crippen LogP contribution in [0.1, 0.15) is 15.9 Å². The van der Waals surface area contributed by atoms with Gasteiger partial charge in [0.25, 0.3) is 0 Å². The fraction of sp³-hybridized carbons (Fsp3) is 0.200. The van der Waals surface area contributed by atoms with E-state index in [-0.39, 0.29) is 5.56 Å². The average Bonchev–Trinajstić information content (AvgIpc) is 2.92. The highest BCUT2D eigenvalue weighted by atomic mass is 16.4. The number of hydrogen-bond acceptors (Lipinski definition) is 2. The SMILES string of the molecule is Cc1cccc2c1c(-c1c(C(=O)O)cnn1C)cn2C. The van der Waals surface area contributed by atoms with Crippen molar-refractivity contribution in [3.63, 3.8) is 0 Å². The fourth-order valence-electron chi connectivity index (χ4n) is 2.72. The van der Waals surface area contributed by atoms with Gasteiger partial charge < -0.3 is 9.67 Å². The Morgan fingerprint density at radius 2 is 2.05 bits per heavy atom. The number of carbonyl (C=O) groups is 1. The van der Waals surface area contributed by atoms with E-state index in [2.05, 4.69) is 5.10 Å². The van der Waals surface area contributed by atoms with Gasteiger partial charge in [0.15, 0.2) is 0 Å². The molecule has 0 saturated carbocycles. The standard InChI is InChI=1S/C15H15N3O2/c1-9-5-4-6-12-13(9)11(8-17(12)2)14-10(15(19)20)7-16-18(14)3/h4-8H,1-3H3,(H,19,20). The van der Waals surface area contributed by atoms with E-state index in [1.807, 2.05) is 42.9 Å². The predicted molar refractivity (Wildman–Crippen MR) is 76.8 cm³/mol. The number of carboxylic acids is 1. The summed E-state index contributed by atoms with van der Waals surface area (Å²) in [6, 6.07) is 6.06. The molecule has 0 aliphatic carbocycles. The first-order valence-corrected chi connectivity index (χ1v) is 6.31. The summed E-state index contributed by atoms with van der Waals surface area (Å²) in [5.41, 5.74) is 3.96. The Labute approximate surface area is 116 Å². The second kappa shape index (κ2) is 4.23. The van der Waals surface area contributed by atoms with Crippen molar-refractivity contribution in [2.45, 2.75) is 6.92 Å². The lowest BCUT2D eigenvalue weighted by atomic mass is 10.0. The number of aryl methyl sites for hydroxylation is 3. The van der Waals surface area contributed by atoms with Crippen molar-refractivity contribution in [1.29, 1.82) is 0 Å². The second-order valence-electron chi connectivity index (χ2n) is 4.96. The molecule has 0 unspecified atom stereocenters. The Morgan fingerprint density at radius 1 is 1.30 bits per heavy atom. The summed E-state index contributed by atoms with van der Waals surface area (Å²) in [4.78, 5) is 11.4. The Balaban J connectivity index is 2.42.